The highest BCUT2D eigenvalue weighted by molar-refractivity contribution is 7.05. The number of H-pyrrole nitrogens is 1. The molecule has 0 spiro atoms. The van der Waals surface area contributed by atoms with Crippen molar-refractivity contribution in [2.75, 3.05) is 5.32 Å². The maximum absolute atomic E-state index is 13.2. The summed E-state index contributed by atoms with van der Waals surface area (Å²) in [5.74, 6) is -1.12. The molecule has 162 valence electrons. The van der Waals surface area contributed by atoms with E-state index >= 15 is 0 Å². The maximum atomic E-state index is 13.2. The zero-order valence-corrected chi connectivity index (χ0v) is 17.1. The number of rotatable bonds is 5. The molecule has 0 radical (unpaired) electrons. The number of aromatic nitrogens is 4. The number of carbonyl (C=O) groups excluding carboxylic acids is 2. The quantitative estimate of drug-likeness (QED) is 0.439. The van der Waals surface area contributed by atoms with Crippen molar-refractivity contribution in [1.82, 2.24) is 19.3 Å². The summed E-state index contributed by atoms with van der Waals surface area (Å²) >= 11 is 0.956. The standard InChI is InChI=1S/C20H13F2N5O4S/c1-9-2-4-10(5-3-9)13(28)8-16-25-17(27-32-16)18(29)26-19-23-11-6-14-15(7-12(11)24-19)31-20(21,22)30-14/h2-7H,8H2,1H3,(H2,23,24,26,29). The van der Waals surface area contributed by atoms with Gasteiger partial charge in [-0.1, -0.05) is 29.8 Å². The molecule has 2 N–H and O–H groups in total. The number of nitrogens with one attached hydrogen (secondary N) is 2. The summed E-state index contributed by atoms with van der Waals surface area (Å²) in [6, 6.07) is 9.73. The van der Waals surface area contributed by atoms with Crippen LogP contribution in [0.3, 0.4) is 0 Å². The lowest BCUT2D eigenvalue weighted by Gasteiger charge is -2.04. The lowest BCUT2D eigenvalue weighted by molar-refractivity contribution is -0.286. The van der Waals surface area contributed by atoms with Crippen molar-refractivity contribution in [2.24, 2.45) is 0 Å². The summed E-state index contributed by atoms with van der Waals surface area (Å²) in [7, 11) is 0. The molecule has 1 amide bonds. The first-order valence-electron chi connectivity index (χ1n) is 9.29. The SMILES string of the molecule is Cc1ccc(C(=O)Cc2nc(C(=O)Nc3nc4cc5c(cc4[nH]3)OC(F)(F)O5)ns2)cc1. The van der Waals surface area contributed by atoms with Gasteiger partial charge in [0.15, 0.2) is 17.3 Å². The van der Waals surface area contributed by atoms with Gasteiger partial charge < -0.3 is 14.5 Å². The van der Waals surface area contributed by atoms with Crippen molar-refractivity contribution in [2.45, 2.75) is 19.6 Å². The van der Waals surface area contributed by atoms with E-state index in [1.54, 1.807) is 12.1 Å². The Morgan fingerprint density at radius 1 is 1.12 bits per heavy atom. The highest BCUT2D eigenvalue weighted by Crippen LogP contribution is 2.42. The van der Waals surface area contributed by atoms with E-state index in [2.05, 4.69) is 34.1 Å². The van der Waals surface area contributed by atoms with E-state index in [9.17, 15) is 18.4 Å². The molecule has 1 aliphatic rings. The third-order valence-corrected chi connectivity index (χ3v) is 5.30. The highest BCUT2D eigenvalue weighted by atomic mass is 32.1. The van der Waals surface area contributed by atoms with Crippen molar-refractivity contribution < 1.29 is 27.8 Å². The first kappa shape index (κ1) is 20.0. The van der Waals surface area contributed by atoms with Crippen LogP contribution in [-0.2, 0) is 6.42 Å². The number of fused-ring (bicyclic) bond motifs is 2. The van der Waals surface area contributed by atoms with Gasteiger partial charge in [-0.05, 0) is 18.5 Å². The fourth-order valence-corrected chi connectivity index (χ4v) is 3.71. The summed E-state index contributed by atoms with van der Waals surface area (Å²) in [4.78, 5) is 35.9. The molecule has 2 aromatic carbocycles. The van der Waals surface area contributed by atoms with Gasteiger partial charge in [-0.3, -0.25) is 14.9 Å². The molecule has 4 aromatic rings. The van der Waals surface area contributed by atoms with Crippen LogP contribution < -0.4 is 14.8 Å². The van der Waals surface area contributed by atoms with Gasteiger partial charge in [0.2, 0.25) is 11.8 Å². The smallest absolute Gasteiger partial charge is 0.395 e. The number of hydrogen-bond donors (Lipinski definition) is 2. The van der Waals surface area contributed by atoms with E-state index in [0.717, 1.165) is 17.1 Å². The van der Waals surface area contributed by atoms with Crippen LogP contribution >= 0.6 is 11.5 Å². The number of aromatic amines is 1. The number of nitrogens with zero attached hydrogens (tertiary/aromatic N) is 3. The van der Waals surface area contributed by atoms with Gasteiger partial charge in [-0.15, -0.1) is 8.78 Å². The molecule has 3 heterocycles. The second-order valence-corrected chi connectivity index (χ2v) is 7.84. The molecule has 0 bridgehead atoms. The van der Waals surface area contributed by atoms with Crippen LogP contribution in [0.25, 0.3) is 11.0 Å². The lowest BCUT2D eigenvalue weighted by Crippen LogP contribution is -2.25. The van der Waals surface area contributed by atoms with E-state index in [4.69, 9.17) is 0 Å². The highest BCUT2D eigenvalue weighted by Gasteiger charge is 2.43. The Morgan fingerprint density at radius 3 is 2.59 bits per heavy atom. The predicted molar refractivity (Wildman–Crippen MR) is 109 cm³/mol. The first-order valence-corrected chi connectivity index (χ1v) is 10.1. The number of halogens is 2. The average molecular weight is 457 g/mol. The third kappa shape index (κ3) is 3.87. The van der Waals surface area contributed by atoms with Crippen LogP contribution in [0.1, 0.15) is 31.5 Å². The number of anilines is 1. The summed E-state index contributed by atoms with van der Waals surface area (Å²) in [5, 5.41) is 2.90. The first-order chi connectivity index (χ1) is 15.3. The molecular formula is C20H13F2N5O4S. The number of Topliss-reactive ketones (excluding diaryl/α,β-unsaturated/α-hetero) is 1. The molecule has 0 saturated heterocycles. The van der Waals surface area contributed by atoms with Gasteiger partial charge in [0.25, 0.3) is 5.91 Å². The van der Waals surface area contributed by atoms with E-state index in [0.29, 0.717) is 16.1 Å². The van der Waals surface area contributed by atoms with Gasteiger partial charge in [0.1, 0.15) is 5.01 Å². The topological polar surface area (TPSA) is 119 Å². The van der Waals surface area contributed by atoms with Crippen molar-refractivity contribution in [3.05, 3.63) is 58.4 Å². The molecule has 0 fully saturated rings. The largest absolute Gasteiger partial charge is 0.586 e. The van der Waals surface area contributed by atoms with Gasteiger partial charge >= 0.3 is 6.29 Å². The monoisotopic (exact) mass is 457 g/mol. The molecule has 0 unspecified atom stereocenters. The summed E-state index contributed by atoms with van der Waals surface area (Å²) in [5.41, 5.74) is 2.24. The van der Waals surface area contributed by atoms with E-state index in [1.165, 1.54) is 12.1 Å². The predicted octanol–water partition coefficient (Wildman–Crippen LogP) is 3.72. The minimum absolute atomic E-state index is 0.0227. The Kier molecular flexibility index (Phi) is 4.59. The number of alkyl halides is 2. The van der Waals surface area contributed by atoms with Crippen LogP contribution in [0, 0.1) is 6.92 Å². The molecule has 9 nitrogen and oxygen atoms in total. The Balaban J connectivity index is 1.27. The van der Waals surface area contributed by atoms with Crippen molar-refractivity contribution in [1.29, 1.82) is 0 Å². The van der Waals surface area contributed by atoms with Crippen LogP contribution in [0.4, 0.5) is 14.7 Å². The zero-order valence-electron chi connectivity index (χ0n) is 16.3. The third-order valence-electron chi connectivity index (χ3n) is 4.59. The maximum Gasteiger partial charge on any atom is 0.586 e. The van der Waals surface area contributed by atoms with E-state index < -0.39 is 12.2 Å². The van der Waals surface area contributed by atoms with Crippen LogP contribution in [0.5, 0.6) is 11.5 Å². The number of ether oxygens (including phenoxy) is 2. The van der Waals surface area contributed by atoms with Crippen molar-refractivity contribution >= 4 is 40.2 Å². The number of ketones is 1. The molecule has 1 aliphatic heterocycles. The van der Waals surface area contributed by atoms with Gasteiger partial charge in [-0.25, -0.2) is 9.97 Å². The Morgan fingerprint density at radius 2 is 1.84 bits per heavy atom. The fourth-order valence-electron chi connectivity index (χ4n) is 3.07. The second-order valence-electron chi connectivity index (χ2n) is 7.00. The van der Waals surface area contributed by atoms with E-state index in [-0.39, 0.29) is 41.0 Å². The summed E-state index contributed by atoms with van der Waals surface area (Å²) < 4.78 is 39.1. The Hall–Kier alpha value is -3.93. The number of benzene rings is 2. The van der Waals surface area contributed by atoms with Crippen molar-refractivity contribution in [3.8, 4) is 11.5 Å². The van der Waals surface area contributed by atoms with E-state index in [1.807, 2.05) is 19.1 Å². The second kappa shape index (κ2) is 7.34. The Labute approximate surface area is 182 Å². The van der Waals surface area contributed by atoms with Crippen LogP contribution in [0.2, 0.25) is 0 Å². The molecule has 0 aliphatic carbocycles. The number of aryl methyl sites for hydroxylation is 1. The molecule has 2 aromatic heterocycles. The molecule has 12 heteroatoms. The summed E-state index contributed by atoms with van der Waals surface area (Å²) in [6.45, 7) is 1.93. The minimum atomic E-state index is -3.73. The molecular weight excluding hydrogens is 444 g/mol. The Bertz CT molecular complexity index is 1320. The molecule has 0 saturated carbocycles. The number of carbonyl (C=O) groups is 2. The minimum Gasteiger partial charge on any atom is -0.395 e. The fraction of sp³-hybridized carbons (Fsp3) is 0.150. The molecule has 5 rings (SSSR count). The van der Waals surface area contributed by atoms with Crippen LogP contribution in [-0.4, -0.2) is 37.3 Å². The summed E-state index contributed by atoms with van der Waals surface area (Å²) in [6.07, 6.45) is -3.71. The lowest BCUT2D eigenvalue weighted by atomic mass is 10.1. The molecule has 32 heavy (non-hydrogen) atoms. The normalized spacial score (nSPS) is 14.0. The zero-order chi connectivity index (χ0) is 22.5. The van der Waals surface area contributed by atoms with Crippen molar-refractivity contribution in [3.63, 3.8) is 0 Å². The molecule has 0 atom stereocenters. The van der Waals surface area contributed by atoms with Gasteiger partial charge in [0.05, 0.1) is 17.5 Å². The van der Waals surface area contributed by atoms with Gasteiger partial charge in [-0.2, -0.15) is 4.37 Å². The number of imidazole rings is 1. The van der Waals surface area contributed by atoms with Crippen LogP contribution in [0.15, 0.2) is 36.4 Å². The average Bonchev–Trinajstić information content (AvgIpc) is 3.41. The number of hydrogen-bond acceptors (Lipinski definition) is 8. The number of amides is 1. The van der Waals surface area contributed by atoms with Gasteiger partial charge in [0, 0.05) is 17.7 Å².